The van der Waals surface area contributed by atoms with Gasteiger partial charge in [-0.1, -0.05) is 36.4 Å². The van der Waals surface area contributed by atoms with Crippen LogP contribution in [0.4, 0.5) is 0 Å². The minimum Gasteiger partial charge on any atom is -0.507 e. The predicted octanol–water partition coefficient (Wildman–Crippen LogP) is 4.91. The number of nitrogens with zero attached hydrogens (tertiary/aromatic N) is 1. The molecule has 0 aliphatic heterocycles. The van der Waals surface area contributed by atoms with Crippen molar-refractivity contribution in [2.75, 3.05) is 20.3 Å². The molecule has 0 aliphatic carbocycles. The first-order valence-corrected chi connectivity index (χ1v) is 9.51. The molecule has 0 fully saturated rings. The number of aromatic hydroxyl groups is 1. The van der Waals surface area contributed by atoms with Crippen molar-refractivity contribution >= 4 is 27.6 Å². The fraction of sp³-hybridized carbons (Fsp3) is 0.208. The van der Waals surface area contributed by atoms with Gasteiger partial charge in [0.05, 0.1) is 17.7 Å². The molecule has 5 nitrogen and oxygen atoms in total. The van der Waals surface area contributed by atoms with E-state index in [-0.39, 0.29) is 12.4 Å². The number of phenols is 1. The van der Waals surface area contributed by atoms with E-state index in [0.29, 0.717) is 17.6 Å². The molecule has 1 N–H and O–H groups in total. The molecule has 0 amide bonds. The molecule has 29 heavy (non-hydrogen) atoms. The van der Waals surface area contributed by atoms with Crippen LogP contribution in [-0.4, -0.2) is 36.0 Å². The van der Waals surface area contributed by atoms with E-state index in [1.54, 1.807) is 13.2 Å². The maximum Gasteiger partial charge on any atom is 0.340 e. The van der Waals surface area contributed by atoms with E-state index in [1.165, 1.54) is 0 Å². The fourth-order valence-corrected chi connectivity index (χ4v) is 3.88. The highest BCUT2D eigenvalue weighted by Gasteiger charge is 2.24. The van der Waals surface area contributed by atoms with E-state index < -0.39 is 5.97 Å². The quantitative estimate of drug-likeness (QED) is 0.389. The molecule has 0 unspecified atom stereocenters. The van der Waals surface area contributed by atoms with Gasteiger partial charge >= 0.3 is 5.97 Å². The zero-order valence-corrected chi connectivity index (χ0v) is 16.7. The lowest BCUT2D eigenvalue weighted by molar-refractivity contribution is 0.0389. The first kappa shape index (κ1) is 19.0. The molecule has 0 radical (unpaired) electrons. The Morgan fingerprint density at radius 3 is 2.45 bits per heavy atom. The first-order valence-electron chi connectivity index (χ1n) is 9.51. The number of ether oxygens (including phenoxy) is 2. The molecule has 5 heteroatoms. The van der Waals surface area contributed by atoms with Crippen LogP contribution < -0.4 is 0 Å². The predicted molar refractivity (Wildman–Crippen MR) is 114 cm³/mol. The number of methoxy groups -OCH3 is 1. The van der Waals surface area contributed by atoms with Gasteiger partial charge in [0.2, 0.25) is 0 Å². The Hall–Kier alpha value is -3.31. The van der Waals surface area contributed by atoms with Gasteiger partial charge in [-0.05, 0) is 37.6 Å². The highest BCUT2D eigenvalue weighted by atomic mass is 16.6. The third kappa shape index (κ3) is 3.23. The van der Waals surface area contributed by atoms with Crippen LogP contribution in [0.25, 0.3) is 27.4 Å². The van der Waals surface area contributed by atoms with Gasteiger partial charge in [-0.2, -0.15) is 0 Å². The van der Waals surface area contributed by atoms with Crippen LogP contribution in [0, 0.1) is 13.8 Å². The lowest BCUT2D eigenvalue weighted by atomic mass is 10.0. The molecule has 0 saturated carbocycles. The molecule has 0 atom stereocenters. The van der Waals surface area contributed by atoms with Crippen molar-refractivity contribution in [3.05, 3.63) is 71.4 Å². The number of hydrogen-bond acceptors (Lipinski definition) is 4. The van der Waals surface area contributed by atoms with Crippen LogP contribution in [0.3, 0.4) is 0 Å². The van der Waals surface area contributed by atoms with Crippen LogP contribution >= 0.6 is 0 Å². The van der Waals surface area contributed by atoms with E-state index in [4.69, 9.17) is 9.47 Å². The fourth-order valence-electron chi connectivity index (χ4n) is 3.88. The van der Waals surface area contributed by atoms with Crippen LogP contribution in [0.1, 0.15) is 21.6 Å². The second kappa shape index (κ2) is 7.60. The number of esters is 1. The van der Waals surface area contributed by atoms with Crippen molar-refractivity contribution in [3.8, 4) is 11.4 Å². The summed E-state index contributed by atoms with van der Waals surface area (Å²) in [4.78, 5) is 12.9. The SMILES string of the molecule is COCCOC(=O)c1c(C)n(-c2cccc(C)c2)c2c1cc(O)c1ccccc12. The number of benzene rings is 3. The molecular formula is C24H23NO4. The summed E-state index contributed by atoms with van der Waals surface area (Å²) in [6, 6.07) is 17.4. The number of rotatable bonds is 5. The molecule has 1 heterocycles. The number of phenolic OH excluding ortho intramolecular Hbond substituents is 1. The Bertz CT molecular complexity index is 1220. The van der Waals surface area contributed by atoms with E-state index >= 15 is 0 Å². The van der Waals surface area contributed by atoms with Gasteiger partial charge in [0, 0.05) is 34.6 Å². The van der Waals surface area contributed by atoms with Crippen molar-refractivity contribution in [2.45, 2.75) is 13.8 Å². The minimum atomic E-state index is -0.425. The normalized spacial score (nSPS) is 11.3. The standard InChI is InChI=1S/C24H23NO4/c1-15-7-6-8-17(13-15)25-16(2)22(24(27)29-12-11-28-3)20-14-21(26)18-9-4-5-10-19(18)23(20)25/h4-10,13-14,26H,11-12H2,1-3H3. The monoisotopic (exact) mass is 389 g/mol. The molecule has 148 valence electrons. The third-order valence-electron chi connectivity index (χ3n) is 5.17. The summed E-state index contributed by atoms with van der Waals surface area (Å²) in [5.41, 5.74) is 4.18. The van der Waals surface area contributed by atoms with Gasteiger partial charge < -0.3 is 19.1 Å². The molecule has 3 aromatic carbocycles. The van der Waals surface area contributed by atoms with Gasteiger partial charge in [-0.25, -0.2) is 4.79 Å². The Morgan fingerprint density at radius 1 is 0.966 bits per heavy atom. The van der Waals surface area contributed by atoms with Crippen LogP contribution in [-0.2, 0) is 9.47 Å². The summed E-state index contributed by atoms with van der Waals surface area (Å²) in [5, 5.41) is 12.9. The van der Waals surface area contributed by atoms with Crippen molar-refractivity contribution in [2.24, 2.45) is 0 Å². The van der Waals surface area contributed by atoms with Crippen LogP contribution in [0.5, 0.6) is 5.75 Å². The summed E-state index contributed by atoms with van der Waals surface area (Å²) >= 11 is 0. The van der Waals surface area contributed by atoms with E-state index in [0.717, 1.165) is 33.2 Å². The largest absolute Gasteiger partial charge is 0.507 e. The average Bonchev–Trinajstić information content (AvgIpc) is 3.00. The topological polar surface area (TPSA) is 60.7 Å². The molecule has 4 rings (SSSR count). The molecule has 0 saturated heterocycles. The van der Waals surface area contributed by atoms with Crippen molar-refractivity contribution in [1.82, 2.24) is 4.57 Å². The Kier molecular flexibility index (Phi) is 4.99. The molecule has 4 aromatic rings. The molecule has 1 aromatic heterocycles. The molecule has 0 spiro atoms. The number of aromatic nitrogens is 1. The molecule has 0 bridgehead atoms. The van der Waals surface area contributed by atoms with Crippen LogP contribution in [0.2, 0.25) is 0 Å². The van der Waals surface area contributed by atoms with Crippen molar-refractivity contribution in [3.63, 3.8) is 0 Å². The zero-order chi connectivity index (χ0) is 20.5. The lowest BCUT2D eigenvalue weighted by Gasteiger charge is -2.12. The number of hydrogen-bond donors (Lipinski definition) is 1. The average molecular weight is 389 g/mol. The summed E-state index contributed by atoms with van der Waals surface area (Å²) in [6.07, 6.45) is 0. The summed E-state index contributed by atoms with van der Waals surface area (Å²) in [6.45, 7) is 4.44. The van der Waals surface area contributed by atoms with Crippen LogP contribution in [0.15, 0.2) is 54.6 Å². The van der Waals surface area contributed by atoms with E-state index in [1.807, 2.05) is 56.3 Å². The molecular weight excluding hydrogens is 366 g/mol. The second-order valence-electron chi connectivity index (χ2n) is 7.10. The summed E-state index contributed by atoms with van der Waals surface area (Å²) < 4.78 is 12.5. The maximum atomic E-state index is 12.9. The van der Waals surface area contributed by atoms with Gasteiger partial charge in [-0.15, -0.1) is 0 Å². The number of carbonyl (C=O) groups excluding carboxylic acids is 1. The van der Waals surface area contributed by atoms with Gasteiger partial charge in [0.15, 0.2) is 0 Å². The van der Waals surface area contributed by atoms with E-state index in [9.17, 15) is 9.90 Å². The van der Waals surface area contributed by atoms with E-state index in [2.05, 4.69) is 10.6 Å². The second-order valence-corrected chi connectivity index (χ2v) is 7.10. The smallest absolute Gasteiger partial charge is 0.340 e. The number of fused-ring (bicyclic) bond motifs is 3. The Morgan fingerprint density at radius 2 is 1.72 bits per heavy atom. The molecule has 0 aliphatic rings. The van der Waals surface area contributed by atoms with Crippen molar-refractivity contribution in [1.29, 1.82) is 0 Å². The summed E-state index contributed by atoms with van der Waals surface area (Å²) in [7, 11) is 1.56. The minimum absolute atomic E-state index is 0.139. The van der Waals surface area contributed by atoms with Gasteiger partial charge in [0.1, 0.15) is 12.4 Å². The van der Waals surface area contributed by atoms with Gasteiger partial charge in [0.25, 0.3) is 0 Å². The first-order chi connectivity index (χ1) is 14.0. The van der Waals surface area contributed by atoms with Gasteiger partial charge in [-0.3, -0.25) is 0 Å². The van der Waals surface area contributed by atoms with Crippen molar-refractivity contribution < 1.29 is 19.4 Å². The number of aryl methyl sites for hydroxylation is 1. The maximum absolute atomic E-state index is 12.9. The Labute approximate surface area is 169 Å². The number of carbonyl (C=O) groups is 1. The highest BCUT2D eigenvalue weighted by Crippen LogP contribution is 2.39. The lowest BCUT2D eigenvalue weighted by Crippen LogP contribution is -2.11. The summed E-state index contributed by atoms with van der Waals surface area (Å²) in [5.74, 6) is -0.286. The third-order valence-corrected chi connectivity index (χ3v) is 5.17. The zero-order valence-electron chi connectivity index (χ0n) is 16.7. The highest BCUT2D eigenvalue weighted by molar-refractivity contribution is 6.16. The Balaban J connectivity index is 2.07.